The van der Waals surface area contributed by atoms with Gasteiger partial charge in [-0.3, -0.25) is 4.98 Å². The van der Waals surface area contributed by atoms with Crippen LogP contribution in [0.5, 0.6) is 5.75 Å². The fraction of sp³-hybridized carbons (Fsp3) is 0.500. The molecule has 2 rings (SSSR count). The molecule has 1 unspecified atom stereocenters. The van der Waals surface area contributed by atoms with E-state index in [2.05, 4.69) is 48.4 Å². The maximum absolute atomic E-state index is 6.39. The summed E-state index contributed by atoms with van der Waals surface area (Å²) in [6.07, 6.45) is 6.01. The number of methoxy groups -OCH3 is 1. The number of hydrogen-bond acceptors (Lipinski definition) is 4. The standard InChI is InChI=1S/C22H31ClN2O2/c1-4-17(18-8-10-19(11-9-18)27-16-15-26-3)7-6-13-24-21-12-14-25-20(5-2)22(21)23/h8-12,14,17H,4-7,13,15-16H2,1-3H3,(H,24,25). The summed E-state index contributed by atoms with van der Waals surface area (Å²) in [4.78, 5) is 4.31. The van der Waals surface area contributed by atoms with Crippen molar-refractivity contribution < 1.29 is 9.47 Å². The summed E-state index contributed by atoms with van der Waals surface area (Å²) in [7, 11) is 1.68. The molecule has 1 N–H and O–H groups in total. The Morgan fingerprint density at radius 1 is 1.11 bits per heavy atom. The lowest BCUT2D eigenvalue weighted by Gasteiger charge is -2.17. The van der Waals surface area contributed by atoms with Crippen molar-refractivity contribution in [2.24, 2.45) is 0 Å². The van der Waals surface area contributed by atoms with Crippen molar-refractivity contribution in [2.75, 3.05) is 32.2 Å². The first kappa shape index (κ1) is 21.5. The summed E-state index contributed by atoms with van der Waals surface area (Å²) >= 11 is 6.39. The molecule has 1 atom stereocenters. The number of anilines is 1. The largest absolute Gasteiger partial charge is 0.491 e. The van der Waals surface area contributed by atoms with Gasteiger partial charge in [0, 0.05) is 19.9 Å². The molecule has 0 saturated heterocycles. The number of pyridine rings is 1. The third-order valence-electron chi connectivity index (χ3n) is 4.74. The van der Waals surface area contributed by atoms with Crippen LogP contribution in [0.15, 0.2) is 36.5 Å². The van der Waals surface area contributed by atoms with E-state index in [1.807, 2.05) is 12.3 Å². The molecule has 0 bridgehead atoms. The third kappa shape index (κ3) is 6.71. The summed E-state index contributed by atoms with van der Waals surface area (Å²) in [5, 5.41) is 4.20. The number of aryl methyl sites for hydroxylation is 1. The van der Waals surface area contributed by atoms with Crippen LogP contribution in [0, 0.1) is 0 Å². The Labute approximate surface area is 168 Å². The van der Waals surface area contributed by atoms with E-state index in [-0.39, 0.29) is 0 Å². The molecule has 1 aromatic carbocycles. The Kier molecular flexibility index (Phi) is 9.43. The summed E-state index contributed by atoms with van der Waals surface area (Å²) in [5.41, 5.74) is 3.29. The highest BCUT2D eigenvalue weighted by molar-refractivity contribution is 6.33. The van der Waals surface area contributed by atoms with Crippen LogP contribution < -0.4 is 10.1 Å². The lowest BCUT2D eigenvalue weighted by atomic mass is 9.92. The van der Waals surface area contributed by atoms with Gasteiger partial charge in [0.15, 0.2) is 0 Å². The van der Waals surface area contributed by atoms with E-state index in [0.717, 1.165) is 54.4 Å². The minimum absolute atomic E-state index is 0.555. The number of ether oxygens (including phenoxy) is 2. The number of aromatic nitrogens is 1. The Morgan fingerprint density at radius 3 is 2.56 bits per heavy atom. The zero-order valence-corrected chi connectivity index (χ0v) is 17.4. The molecule has 0 fully saturated rings. The van der Waals surface area contributed by atoms with Crippen LogP contribution in [0.25, 0.3) is 0 Å². The number of nitrogens with zero attached hydrogens (tertiary/aromatic N) is 1. The molecule has 0 amide bonds. The SMILES string of the molecule is CCc1nccc(NCCCC(CC)c2ccc(OCCOC)cc2)c1Cl. The first-order chi connectivity index (χ1) is 13.2. The maximum Gasteiger partial charge on any atom is 0.119 e. The molecule has 1 heterocycles. The van der Waals surface area contributed by atoms with Crippen molar-refractivity contribution in [1.82, 2.24) is 4.98 Å². The lowest BCUT2D eigenvalue weighted by Crippen LogP contribution is -2.07. The topological polar surface area (TPSA) is 43.4 Å². The van der Waals surface area contributed by atoms with Crippen LogP contribution in [0.4, 0.5) is 5.69 Å². The lowest BCUT2D eigenvalue weighted by molar-refractivity contribution is 0.146. The second kappa shape index (κ2) is 11.8. The minimum Gasteiger partial charge on any atom is -0.491 e. The van der Waals surface area contributed by atoms with Gasteiger partial charge in [0.05, 0.1) is 23.0 Å². The first-order valence-electron chi connectivity index (χ1n) is 9.78. The van der Waals surface area contributed by atoms with E-state index in [4.69, 9.17) is 21.1 Å². The third-order valence-corrected chi connectivity index (χ3v) is 5.16. The number of rotatable bonds is 12. The Balaban J connectivity index is 1.81. The second-order valence-corrected chi connectivity index (χ2v) is 6.94. The van der Waals surface area contributed by atoms with Crippen molar-refractivity contribution >= 4 is 17.3 Å². The monoisotopic (exact) mass is 390 g/mol. The maximum atomic E-state index is 6.39. The molecule has 0 aliphatic rings. The molecular weight excluding hydrogens is 360 g/mol. The first-order valence-corrected chi connectivity index (χ1v) is 10.2. The van der Waals surface area contributed by atoms with Gasteiger partial charge in [0.2, 0.25) is 0 Å². The quantitative estimate of drug-likeness (QED) is 0.471. The van der Waals surface area contributed by atoms with Crippen molar-refractivity contribution in [3.05, 3.63) is 52.8 Å². The molecule has 27 heavy (non-hydrogen) atoms. The Bertz CT molecular complexity index is 677. The van der Waals surface area contributed by atoms with Gasteiger partial charge in [-0.05, 0) is 55.4 Å². The average Bonchev–Trinajstić information content (AvgIpc) is 2.70. The predicted octanol–water partition coefficient (Wildman–Crippen LogP) is 5.71. The van der Waals surface area contributed by atoms with Crippen LogP contribution in [-0.2, 0) is 11.2 Å². The summed E-state index contributed by atoms with van der Waals surface area (Å²) < 4.78 is 10.6. The smallest absolute Gasteiger partial charge is 0.119 e. The van der Waals surface area contributed by atoms with E-state index in [9.17, 15) is 0 Å². The fourth-order valence-electron chi connectivity index (χ4n) is 3.13. The molecular formula is C22H31ClN2O2. The fourth-order valence-corrected chi connectivity index (χ4v) is 3.44. The number of halogens is 1. The summed E-state index contributed by atoms with van der Waals surface area (Å²) in [5.74, 6) is 1.45. The van der Waals surface area contributed by atoms with Crippen LogP contribution in [0.3, 0.4) is 0 Å². The van der Waals surface area contributed by atoms with Crippen LogP contribution in [-0.4, -0.2) is 31.9 Å². The van der Waals surface area contributed by atoms with Crippen LogP contribution >= 0.6 is 11.6 Å². The van der Waals surface area contributed by atoms with Gasteiger partial charge in [0.1, 0.15) is 12.4 Å². The van der Waals surface area contributed by atoms with Gasteiger partial charge in [0.25, 0.3) is 0 Å². The average molecular weight is 391 g/mol. The Hall–Kier alpha value is -1.78. The minimum atomic E-state index is 0.555. The van der Waals surface area contributed by atoms with E-state index in [1.165, 1.54) is 5.56 Å². The van der Waals surface area contributed by atoms with Gasteiger partial charge in [-0.2, -0.15) is 0 Å². The molecule has 4 nitrogen and oxygen atoms in total. The molecule has 0 spiro atoms. The van der Waals surface area contributed by atoms with Crippen molar-refractivity contribution in [2.45, 2.75) is 45.4 Å². The highest BCUT2D eigenvalue weighted by Gasteiger charge is 2.10. The number of hydrogen-bond donors (Lipinski definition) is 1. The van der Waals surface area contributed by atoms with Gasteiger partial charge in [-0.15, -0.1) is 0 Å². The molecule has 1 aromatic heterocycles. The van der Waals surface area contributed by atoms with Crippen molar-refractivity contribution in [3.63, 3.8) is 0 Å². The van der Waals surface area contributed by atoms with Gasteiger partial charge >= 0.3 is 0 Å². The Morgan fingerprint density at radius 2 is 1.89 bits per heavy atom. The van der Waals surface area contributed by atoms with E-state index in [1.54, 1.807) is 7.11 Å². The molecule has 0 aliphatic heterocycles. The highest BCUT2D eigenvalue weighted by Crippen LogP contribution is 2.28. The van der Waals surface area contributed by atoms with Gasteiger partial charge < -0.3 is 14.8 Å². The zero-order valence-electron chi connectivity index (χ0n) is 16.6. The van der Waals surface area contributed by atoms with E-state index in [0.29, 0.717) is 19.1 Å². The van der Waals surface area contributed by atoms with Crippen molar-refractivity contribution in [3.8, 4) is 5.75 Å². The van der Waals surface area contributed by atoms with Gasteiger partial charge in [-0.25, -0.2) is 0 Å². The molecule has 2 aromatic rings. The molecule has 0 radical (unpaired) electrons. The van der Waals surface area contributed by atoms with E-state index >= 15 is 0 Å². The molecule has 148 valence electrons. The second-order valence-electron chi connectivity index (χ2n) is 6.56. The predicted molar refractivity (Wildman–Crippen MR) is 113 cm³/mol. The van der Waals surface area contributed by atoms with Gasteiger partial charge in [-0.1, -0.05) is 37.6 Å². The number of nitrogens with one attached hydrogen (secondary N) is 1. The molecule has 0 aliphatic carbocycles. The zero-order chi connectivity index (χ0) is 19.5. The number of benzene rings is 1. The molecule has 5 heteroatoms. The van der Waals surface area contributed by atoms with Crippen molar-refractivity contribution in [1.29, 1.82) is 0 Å². The van der Waals surface area contributed by atoms with Crippen LogP contribution in [0.1, 0.15) is 50.3 Å². The summed E-state index contributed by atoms with van der Waals surface area (Å²) in [6.45, 7) is 6.40. The normalized spacial score (nSPS) is 12.0. The summed E-state index contributed by atoms with van der Waals surface area (Å²) in [6, 6.07) is 10.4. The molecule has 0 saturated carbocycles. The van der Waals surface area contributed by atoms with Crippen LogP contribution in [0.2, 0.25) is 5.02 Å². The highest BCUT2D eigenvalue weighted by atomic mass is 35.5. The van der Waals surface area contributed by atoms with E-state index < -0.39 is 0 Å².